The number of ether oxygens (including phenoxy) is 2. The number of amides is 1. The minimum atomic E-state index is -0.111. The minimum absolute atomic E-state index is 0.111. The summed E-state index contributed by atoms with van der Waals surface area (Å²) in [6, 6.07) is 3.56. The van der Waals surface area contributed by atoms with Crippen molar-refractivity contribution in [3.05, 3.63) is 30.0 Å². The van der Waals surface area contributed by atoms with Crippen LogP contribution in [0.25, 0.3) is 5.69 Å². The molecule has 128 valence electrons. The standard InChI is InChI=1S/C16H21N5O3/c1-23-11-13-18-19-15(16(22)20-8-4-3-5-9-20)21(13)12-6-7-14(24-2)17-10-12/h6-7,10H,3-5,8-9,11H2,1-2H3. The Labute approximate surface area is 140 Å². The van der Waals surface area contributed by atoms with Crippen molar-refractivity contribution in [1.29, 1.82) is 0 Å². The fourth-order valence-electron chi connectivity index (χ4n) is 2.81. The summed E-state index contributed by atoms with van der Waals surface area (Å²) < 4.78 is 12.0. The third-order valence-corrected chi connectivity index (χ3v) is 4.03. The van der Waals surface area contributed by atoms with Gasteiger partial charge in [0, 0.05) is 26.3 Å². The van der Waals surface area contributed by atoms with Crippen molar-refractivity contribution in [2.75, 3.05) is 27.3 Å². The second-order valence-electron chi connectivity index (χ2n) is 5.62. The topological polar surface area (TPSA) is 82.4 Å². The highest BCUT2D eigenvalue weighted by molar-refractivity contribution is 5.91. The molecule has 1 fully saturated rings. The van der Waals surface area contributed by atoms with Gasteiger partial charge < -0.3 is 14.4 Å². The molecule has 0 aliphatic carbocycles. The highest BCUT2D eigenvalue weighted by Gasteiger charge is 2.26. The Kier molecular flexibility index (Phi) is 5.05. The van der Waals surface area contributed by atoms with Gasteiger partial charge in [-0.3, -0.25) is 9.36 Å². The van der Waals surface area contributed by atoms with Gasteiger partial charge in [0.25, 0.3) is 5.91 Å². The van der Waals surface area contributed by atoms with E-state index < -0.39 is 0 Å². The number of piperidine rings is 1. The molecule has 0 saturated carbocycles. The molecule has 1 saturated heterocycles. The van der Waals surface area contributed by atoms with E-state index in [1.807, 2.05) is 11.0 Å². The normalized spacial score (nSPS) is 14.7. The summed E-state index contributed by atoms with van der Waals surface area (Å²) in [4.78, 5) is 18.9. The van der Waals surface area contributed by atoms with Crippen LogP contribution >= 0.6 is 0 Å². The lowest BCUT2D eigenvalue weighted by Crippen LogP contribution is -2.37. The molecule has 8 nitrogen and oxygen atoms in total. The summed E-state index contributed by atoms with van der Waals surface area (Å²) in [6.07, 6.45) is 4.84. The van der Waals surface area contributed by atoms with Crippen LogP contribution in [-0.4, -0.2) is 57.9 Å². The van der Waals surface area contributed by atoms with E-state index in [4.69, 9.17) is 9.47 Å². The lowest BCUT2D eigenvalue weighted by Gasteiger charge is -2.26. The zero-order chi connectivity index (χ0) is 16.9. The zero-order valence-corrected chi connectivity index (χ0v) is 13.9. The van der Waals surface area contributed by atoms with E-state index in [0.29, 0.717) is 17.4 Å². The smallest absolute Gasteiger partial charge is 0.292 e. The van der Waals surface area contributed by atoms with Gasteiger partial charge in [0.05, 0.1) is 19.0 Å². The van der Waals surface area contributed by atoms with Crippen LogP contribution in [-0.2, 0) is 11.3 Å². The molecule has 0 N–H and O–H groups in total. The number of hydrogen-bond acceptors (Lipinski definition) is 6. The molecule has 0 radical (unpaired) electrons. The van der Waals surface area contributed by atoms with Gasteiger partial charge in [0.1, 0.15) is 6.61 Å². The Morgan fingerprint density at radius 2 is 1.96 bits per heavy atom. The maximum absolute atomic E-state index is 12.9. The molecule has 1 aliphatic heterocycles. The van der Waals surface area contributed by atoms with Gasteiger partial charge in [-0.1, -0.05) is 0 Å². The first-order valence-corrected chi connectivity index (χ1v) is 7.97. The van der Waals surface area contributed by atoms with E-state index in [-0.39, 0.29) is 18.3 Å². The number of methoxy groups -OCH3 is 2. The largest absolute Gasteiger partial charge is 0.481 e. The number of hydrogen-bond donors (Lipinski definition) is 0. The molecule has 2 aromatic rings. The molecule has 3 rings (SSSR count). The van der Waals surface area contributed by atoms with Gasteiger partial charge in [-0.05, 0) is 25.3 Å². The molecule has 24 heavy (non-hydrogen) atoms. The summed E-state index contributed by atoms with van der Waals surface area (Å²) in [5.74, 6) is 1.24. The van der Waals surface area contributed by atoms with Crippen LogP contribution in [0.1, 0.15) is 35.7 Å². The maximum Gasteiger partial charge on any atom is 0.292 e. The van der Waals surface area contributed by atoms with Crippen LogP contribution < -0.4 is 4.74 Å². The molecule has 0 atom stereocenters. The number of likely N-dealkylation sites (tertiary alicyclic amines) is 1. The molecule has 0 spiro atoms. The molecule has 8 heteroatoms. The lowest BCUT2D eigenvalue weighted by atomic mass is 10.1. The lowest BCUT2D eigenvalue weighted by molar-refractivity contribution is 0.0709. The van der Waals surface area contributed by atoms with Gasteiger partial charge >= 0.3 is 0 Å². The quantitative estimate of drug-likeness (QED) is 0.824. The average molecular weight is 331 g/mol. The Hall–Kier alpha value is -2.48. The Balaban J connectivity index is 1.98. The van der Waals surface area contributed by atoms with Crippen LogP contribution in [0, 0.1) is 0 Å². The van der Waals surface area contributed by atoms with Crippen LogP contribution in [0.2, 0.25) is 0 Å². The van der Waals surface area contributed by atoms with Crippen molar-refractivity contribution in [2.45, 2.75) is 25.9 Å². The first-order valence-electron chi connectivity index (χ1n) is 7.97. The molecule has 0 bridgehead atoms. The predicted molar refractivity (Wildman–Crippen MR) is 86.2 cm³/mol. The highest BCUT2D eigenvalue weighted by atomic mass is 16.5. The van der Waals surface area contributed by atoms with Crippen LogP contribution in [0.4, 0.5) is 0 Å². The fourth-order valence-corrected chi connectivity index (χ4v) is 2.81. The van der Waals surface area contributed by atoms with Crippen molar-refractivity contribution in [3.63, 3.8) is 0 Å². The zero-order valence-electron chi connectivity index (χ0n) is 13.9. The van der Waals surface area contributed by atoms with E-state index in [1.54, 1.807) is 31.0 Å². The van der Waals surface area contributed by atoms with Crippen molar-refractivity contribution >= 4 is 5.91 Å². The van der Waals surface area contributed by atoms with E-state index in [9.17, 15) is 4.79 Å². The van der Waals surface area contributed by atoms with E-state index in [0.717, 1.165) is 32.4 Å². The summed E-state index contributed by atoms with van der Waals surface area (Å²) >= 11 is 0. The fraction of sp³-hybridized carbons (Fsp3) is 0.500. The SMILES string of the molecule is COCc1nnc(C(=O)N2CCCCC2)n1-c1ccc(OC)nc1. The Bertz CT molecular complexity index is 692. The molecule has 3 heterocycles. The number of nitrogens with zero attached hydrogens (tertiary/aromatic N) is 5. The van der Waals surface area contributed by atoms with Crippen molar-refractivity contribution in [1.82, 2.24) is 24.6 Å². The molecular weight excluding hydrogens is 310 g/mol. The van der Waals surface area contributed by atoms with Crippen LogP contribution in [0.5, 0.6) is 5.88 Å². The Morgan fingerprint density at radius 1 is 1.17 bits per heavy atom. The van der Waals surface area contributed by atoms with E-state index in [2.05, 4.69) is 15.2 Å². The minimum Gasteiger partial charge on any atom is -0.481 e. The third kappa shape index (κ3) is 3.23. The van der Waals surface area contributed by atoms with Gasteiger partial charge in [-0.25, -0.2) is 4.98 Å². The van der Waals surface area contributed by atoms with E-state index in [1.165, 1.54) is 0 Å². The summed E-state index contributed by atoms with van der Waals surface area (Å²) in [7, 11) is 3.14. The molecule has 1 amide bonds. The second kappa shape index (κ2) is 7.39. The Morgan fingerprint density at radius 3 is 2.58 bits per heavy atom. The van der Waals surface area contributed by atoms with Crippen molar-refractivity contribution in [2.24, 2.45) is 0 Å². The molecule has 0 aromatic carbocycles. The first-order chi connectivity index (χ1) is 11.7. The highest BCUT2D eigenvalue weighted by Crippen LogP contribution is 2.19. The number of carbonyl (C=O) groups excluding carboxylic acids is 1. The summed E-state index contributed by atoms with van der Waals surface area (Å²) in [5, 5.41) is 8.23. The second-order valence-corrected chi connectivity index (χ2v) is 5.62. The van der Waals surface area contributed by atoms with Gasteiger partial charge in [0.2, 0.25) is 11.7 Å². The number of aromatic nitrogens is 4. The maximum atomic E-state index is 12.9. The third-order valence-electron chi connectivity index (χ3n) is 4.03. The summed E-state index contributed by atoms with van der Waals surface area (Å²) in [5.41, 5.74) is 0.702. The van der Waals surface area contributed by atoms with Crippen LogP contribution in [0.3, 0.4) is 0 Å². The molecule has 1 aliphatic rings. The number of rotatable bonds is 5. The van der Waals surface area contributed by atoms with E-state index >= 15 is 0 Å². The van der Waals surface area contributed by atoms with Gasteiger partial charge in [0.15, 0.2) is 5.82 Å². The summed E-state index contributed by atoms with van der Waals surface area (Å²) in [6.45, 7) is 1.77. The molecule has 0 unspecified atom stereocenters. The van der Waals surface area contributed by atoms with Gasteiger partial charge in [-0.15, -0.1) is 10.2 Å². The van der Waals surface area contributed by atoms with Crippen LogP contribution in [0.15, 0.2) is 18.3 Å². The predicted octanol–water partition coefficient (Wildman–Crippen LogP) is 1.44. The first kappa shape index (κ1) is 16.4. The van der Waals surface area contributed by atoms with Gasteiger partial charge in [-0.2, -0.15) is 0 Å². The molecule has 2 aromatic heterocycles. The van der Waals surface area contributed by atoms with Crippen molar-refractivity contribution in [3.8, 4) is 11.6 Å². The number of pyridine rings is 1. The van der Waals surface area contributed by atoms with Crippen molar-refractivity contribution < 1.29 is 14.3 Å². The number of carbonyl (C=O) groups is 1. The molecular formula is C16H21N5O3. The average Bonchev–Trinajstić information content (AvgIpc) is 3.06. The monoisotopic (exact) mass is 331 g/mol.